The minimum atomic E-state index is -0.0652. The van der Waals surface area contributed by atoms with Crippen molar-refractivity contribution < 1.29 is 4.79 Å². The fraction of sp³-hybridized carbons (Fsp3) is 0.423. The lowest BCUT2D eigenvalue weighted by Gasteiger charge is -2.29. The molecule has 1 amide bonds. The number of likely N-dealkylation sites (tertiary alicyclic amines) is 1. The van der Waals surface area contributed by atoms with Crippen LogP contribution in [0.15, 0.2) is 53.3 Å². The Hall–Kier alpha value is -2.48. The van der Waals surface area contributed by atoms with Gasteiger partial charge in [-0.05, 0) is 74.8 Å². The number of unbranched alkanes of at least 4 members (excludes halogenated alkanes) is 2. The highest BCUT2D eigenvalue weighted by Crippen LogP contribution is 2.29. The van der Waals surface area contributed by atoms with Gasteiger partial charge >= 0.3 is 0 Å². The summed E-state index contributed by atoms with van der Waals surface area (Å²) in [5.74, 6) is 0.0522. The molecule has 0 spiro atoms. The van der Waals surface area contributed by atoms with Crippen molar-refractivity contribution in [3.05, 3.63) is 74.2 Å². The van der Waals surface area contributed by atoms with Crippen molar-refractivity contribution in [2.24, 2.45) is 0 Å². The molecule has 1 aromatic heterocycles. The Morgan fingerprint density at radius 2 is 1.79 bits per heavy atom. The van der Waals surface area contributed by atoms with E-state index in [4.69, 9.17) is 23.8 Å². The Bertz CT molecular complexity index is 1250. The molecule has 1 atom stereocenters. The number of H-pyrrole nitrogens is 1. The molecule has 2 heterocycles. The molecular weight excluding hydrogens is 468 g/mol. The number of para-hydroxylation sites is 1. The Labute approximate surface area is 209 Å². The van der Waals surface area contributed by atoms with Crippen molar-refractivity contribution >= 4 is 40.6 Å². The maximum absolute atomic E-state index is 12.7. The number of fused-ring (bicyclic) bond motifs is 1. The number of nitrogens with zero attached hydrogens (tertiary/aromatic N) is 2. The van der Waals surface area contributed by atoms with Crippen LogP contribution in [0.5, 0.6) is 0 Å². The van der Waals surface area contributed by atoms with Crippen LogP contribution in [0.1, 0.15) is 50.1 Å². The van der Waals surface area contributed by atoms with E-state index in [0.29, 0.717) is 29.7 Å². The summed E-state index contributed by atoms with van der Waals surface area (Å²) in [5, 5.41) is 4.50. The molecule has 2 N–H and O–H groups in total. The van der Waals surface area contributed by atoms with Crippen LogP contribution in [0.2, 0.25) is 5.02 Å². The van der Waals surface area contributed by atoms with Gasteiger partial charge in [0.1, 0.15) is 0 Å². The van der Waals surface area contributed by atoms with E-state index in [1.165, 1.54) is 12.8 Å². The second kappa shape index (κ2) is 11.8. The predicted octanol–water partition coefficient (Wildman–Crippen LogP) is 5.23. The Morgan fingerprint density at radius 3 is 2.59 bits per heavy atom. The highest BCUT2D eigenvalue weighted by molar-refractivity contribution is 7.71. The van der Waals surface area contributed by atoms with E-state index in [1.54, 1.807) is 4.57 Å². The van der Waals surface area contributed by atoms with Gasteiger partial charge in [0.25, 0.3) is 5.56 Å². The van der Waals surface area contributed by atoms with Crippen LogP contribution in [0.25, 0.3) is 10.9 Å². The lowest BCUT2D eigenvalue weighted by atomic mass is 10.1. The SMILES string of the molecule is O=C(CCCCCn1c(=S)[nH]c2ccccc2c1=O)NCC(c1ccccc1Cl)N1CCCC1. The minimum absolute atomic E-state index is 0.0522. The number of amides is 1. The van der Waals surface area contributed by atoms with Gasteiger partial charge in [-0.25, -0.2) is 0 Å². The van der Waals surface area contributed by atoms with Gasteiger partial charge < -0.3 is 10.3 Å². The molecule has 0 aliphatic carbocycles. The van der Waals surface area contributed by atoms with Gasteiger partial charge in [0.15, 0.2) is 4.77 Å². The third-order valence-corrected chi connectivity index (χ3v) is 7.18. The number of carbonyl (C=O) groups excluding carboxylic acids is 1. The summed E-state index contributed by atoms with van der Waals surface area (Å²) in [4.78, 5) is 30.8. The molecule has 1 saturated heterocycles. The topological polar surface area (TPSA) is 70.1 Å². The minimum Gasteiger partial charge on any atom is -0.354 e. The lowest BCUT2D eigenvalue weighted by molar-refractivity contribution is -0.121. The second-order valence-corrected chi connectivity index (χ2v) is 9.62. The van der Waals surface area contributed by atoms with Gasteiger partial charge in [0.2, 0.25) is 5.91 Å². The summed E-state index contributed by atoms with van der Waals surface area (Å²) < 4.78 is 2.05. The molecule has 0 bridgehead atoms. The van der Waals surface area contributed by atoms with E-state index < -0.39 is 0 Å². The van der Waals surface area contributed by atoms with Crippen LogP contribution >= 0.6 is 23.8 Å². The van der Waals surface area contributed by atoms with Crippen LogP contribution in [0, 0.1) is 4.77 Å². The molecule has 4 rings (SSSR count). The molecule has 0 saturated carbocycles. The molecule has 1 aliphatic rings. The van der Waals surface area contributed by atoms with Crippen molar-refractivity contribution in [1.82, 2.24) is 19.8 Å². The largest absolute Gasteiger partial charge is 0.354 e. The molecule has 2 aromatic carbocycles. The average molecular weight is 499 g/mol. The quantitative estimate of drug-likeness (QED) is 0.297. The third-order valence-electron chi connectivity index (χ3n) is 6.51. The summed E-state index contributed by atoms with van der Waals surface area (Å²) in [6.45, 7) is 3.17. The van der Waals surface area contributed by atoms with Gasteiger partial charge in [0, 0.05) is 24.5 Å². The van der Waals surface area contributed by atoms with Crippen molar-refractivity contribution in [2.75, 3.05) is 19.6 Å². The van der Waals surface area contributed by atoms with Crippen molar-refractivity contribution in [3.8, 4) is 0 Å². The highest BCUT2D eigenvalue weighted by Gasteiger charge is 2.25. The lowest BCUT2D eigenvalue weighted by Crippen LogP contribution is -2.36. The normalized spacial score (nSPS) is 15.0. The van der Waals surface area contributed by atoms with Crippen LogP contribution in [0.3, 0.4) is 0 Å². The first-order valence-corrected chi connectivity index (χ1v) is 12.8. The zero-order chi connectivity index (χ0) is 23.9. The molecular formula is C26H31ClN4O2S. The van der Waals surface area contributed by atoms with E-state index in [2.05, 4.69) is 21.3 Å². The summed E-state index contributed by atoms with van der Waals surface area (Å²) in [7, 11) is 0. The van der Waals surface area contributed by atoms with Crippen LogP contribution in [-0.2, 0) is 11.3 Å². The highest BCUT2D eigenvalue weighted by atomic mass is 35.5. The number of carbonyl (C=O) groups is 1. The van der Waals surface area contributed by atoms with E-state index in [1.807, 2.05) is 42.5 Å². The zero-order valence-corrected chi connectivity index (χ0v) is 20.8. The molecule has 8 heteroatoms. The van der Waals surface area contributed by atoms with Crippen LogP contribution < -0.4 is 10.9 Å². The Kier molecular flexibility index (Phi) is 8.53. The first-order valence-electron chi connectivity index (χ1n) is 12.0. The molecule has 180 valence electrons. The average Bonchev–Trinajstić information content (AvgIpc) is 3.36. The number of aromatic amines is 1. The van der Waals surface area contributed by atoms with Gasteiger partial charge in [-0.3, -0.25) is 19.1 Å². The maximum atomic E-state index is 12.7. The van der Waals surface area contributed by atoms with Crippen LogP contribution in [-0.4, -0.2) is 40.0 Å². The van der Waals surface area contributed by atoms with Gasteiger partial charge in [-0.15, -0.1) is 0 Å². The molecule has 3 aromatic rings. The predicted molar refractivity (Wildman–Crippen MR) is 140 cm³/mol. The summed E-state index contributed by atoms with van der Waals surface area (Å²) in [6, 6.07) is 15.4. The number of hydrogen-bond acceptors (Lipinski definition) is 4. The molecule has 1 fully saturated rings. The van der Waals surface area contributed by atoms with E-state index in [0.717, 1.165) is 48.5 Å². The zero-order valence-electron chi connectivity index (χ0n) is 19.3. The number of nitrogens with one attached hydrogen (secondary N) is 2. The number of halogens is 1. The molecule has 1 unspecified atom stereocenters. The van der Waals surface area contributed by atoms with Gasteiger partial charge in [-0.1, -0.05) is 48.4 Å². The maximum Gasteiger partial charge on any atom is 0.262 e. The van der Waals surface area contributed by atoms with Crippen molar-refractivity contribution in [2.45, 2.75) is 51.1 Å². The number of benzene rings is 2. The van der Waals surface area contributed by atoms with E-state index in [-0.39, 0.29) is 17.5 Å². The van der Waals surface area contributed by atoms with Crippen molar-refractivity contribution in [1.29, 1.82) is 0 Å². The molecule has 34 heavy (non-hydrogen) atoms. The molecule has 6 nitrogen and oxygen atoms in total. The first-order chi connectivity index (χ1) is 16.5. The number of aromatic nitrogens is 2. The summed E-state index contributed by atoms with van der Waals surface area (Å²) in [5.41, 5.74) is 1.77. The van der Waals surface area contributed by atoms with Crippen LogP contribution in [0.4, 0.5) is 0 Å². The molecule has 0 radical (unpaired) electrons. The number of rotatable bonds is 10. The first kappa shape index (κ1) is 24.6. The standard InChI is InChI=1S/C26H31ClN4O2S/c27-21-12-5-3-10-19(21)23(30-15-8-9-16-30)18-28-24(32)14-2-1-7-17-31-25(33)20-11-4-6-13-22(20)29-26(31)34/h3-6,10-13,23H,1-2,7-9,14-18H2,(H,28,32)(H,29,34). The smallest absolute Gasteiger partial charge is 0.262 e. The van der Waals surface area contributed by atoms with Crippen molar-refractivity contribution in [3.63, 3.8) is 0 Å². The van der Waals surface area contributed by atoms with Gasteiger partial charge in [-0.2, -0.15) is 0 Å². The third kappa shape index (κ3) is 5.95. The second-order valence-electron chi connectivity index (χ2n) is 8.83. The number of hydrogen-bond donors (Lipinski definition) is 2. The van der Waals surface area contributed by atoms with E-state index >= 15 is 0 Å². The van der Waals surface area contributed by atoms with E-state index in [9.17, 15) is 9.59 Å². The fourth-order valence-corrected chi connectivity index (χ4v) is 5.21. The summed E-state index contributed by atoms with van der Waals surface area (Å²) >= 11 is 11.8. The Balaban J connectivity index is 1.25. The summed E-state index contributed by atoms with van der Waals surface area (Å²) in [6.07, 6.45) is 5.23. The monoisotopic (exact) mass is 498 g/mol. The molecule has 1 aliphatic heterocycles. The van der Waals surface area contributed by atoms with Gasteiger partial charge in [0.05, 0.1) is 16.9 Å². The Morgan fingerprint density at radius 1 is 1.06 bits per heavy atom. The fourth-order valence-electron chi connectivity index (χ4n) is 4.67.